The molecule has 0 aromatic rings. The molecule has 0 saturated heterocycles. The molecule has 1 aliphatic rings. The number of carbonyl (C=O) groups excluding carboxylic acids is 1. The van der Waals surface area contributed by atoms with E-state index in [1.54, 1.807) is 0 Å². The fraction of sp³-hybridized carbons (Fsp3) is 0.545. The molecule has 0 aromatic carbocycles. The number of hydrogen-bond acceptors (Lipinski definition) is 2. The molecule has 77 valence electrons. The van der Waals surface area contributed by atoms with Crippen LogP contribution in [-0.4, -0.2) is 9.88 Å². The summed E-state index contributed by atoms with van der Waals surface area (Å²) >= 11 is -1.79. The summed E-state index contributed by atoms with van der Waals surface area (Å²) in [7, 11) is 0. The van der Waals surface area contributed by atoms with Gasteiger partial charge in [-0.3, -0.25) is 0 Å². The quantitative estimate of drug-likeness (QED) is 0.678. The van der Waals surface area contributed by atoms with Gasteiger partial charge >= 0.3 is 91.8 Å². The molecule has 14 heavy (non-hydrogen) atoms. The Morgan fingerprint density at radius 2 is 2.14 bits per heavy atom. The zero-order valence-electron chi connectivity index (χ0n) is 9.26. The Morgan fingerprint density at radius 1 is 1.50 bits per heavy atom. The minimum absolute atomic E-state index is 0.0347. The maximum atomic E-state index is 11.7. The van der Waals surface area contributed by atoms with Crippen molar-refractivity contribution < 1.29 is 27.4 Å². The van der Waals surface area contributed by atoms with Crippen LogP contribution in [0.5, 0.6) is 0 Å². The summed E-state index contributed by atoms with van der Waals surface area (Å²) in [5, 5.41) is 2.06. The van der Waals surface area contributed by atoms with Crippen molar-refractivity contribution in [2.45, 2.75) is 38.0 Å². The molecule has 0 spiro atoms. The summed E-state index contributed by atoms with van der Waals surface area (Å²) < 4.78 is 6.72. The SMILES string of the molecule is [CH3][Ti]([C](=O)OC(C)(C)C)[C]1=CC=CC1. The Bertz CT molecular complexity index is 284. The van der Waals surface area contributed by atoms with Crippen LogP contribution in [0, 0.1) is 0 Å². The van der Waals surface area contributed by atoms with Gasteiger partial charge in [-0.25, -0.2) is 0 Å². The van der Waals surface area contributed by atoms with E-state index in [2.05, 4.69) is 17.4 Å². The van der Waals surface area contributed by atoms with Crippen LogP contribution >= 0.6 is 0 Å². The van der Waals surface area contributed by atoms with Crippen molar-refractivity contribution in [1.29, 1.82) is 0 Å². The molecular formula is C11H17O2Ti. The Kier molecular flexibility index (Phi) is 3.74. The van der Waals surface area contributed by atoms with E-state index < -0.39 is 17.9 Å². The summed E-state index contributed by atoms with van der Waals surface area (Å²) in [6.07, 6.45) is 7.14. The molecule has 0 aromatic heterocycles. The Balaban J connectivity index is 2.53. The molecule has 0 amide bonds. The first-order chi connectivity index (χ1) is 6.40. The van der Waals surface area contributed by atoms with E-state index in [1.807, 2.05) is 26.8 Å². The van der Waals surface area contributed by atoms with Crippen LogP contribution in [0.15, 0.2) is 22.1 Å². The third-order valence-electron chi connectivity index (χ3n) is 1.96. The fourth-order valence-electron chi connectivity index (χ4n) is 1.21. The van der Waals surface area contributed by atoms with E-state index in [-0.39, 0.29) is 9.88 Å². The molecule has 1 rings (SSSR count). The van der Waals surface area contributed by atoms with Gasteiger partial charge in [0.2, 0.25) is 0 Å². The van der Waals surface area contributed by atoms with Gasteiger partial charge in [-0.15, -0.1) is 0 Å². The Morgan fingerprint density at radius 3 is 2.57 bits per heavy atom. The van der Waals surface area contributed by atoms with Gasteiger partial charge in [0, 0.05) is 0 Å². The van der Waals surface area contributed by atoms with Gasteiger partial charge in [0.15, 0.2) is 0 Å². The fourth-order valence-corrected chi connectivity index (χ4v) is 3.54. The van der Waals surface area contributed by atoms with E-state index in [1.165, 1.54) is 3.88 Å². The van der Waals surface area contributed by atoms with Crippen LogP contribution in [0.3, 0.4) is 0 Å². The van der Waals surface area contributed by atoms with E-state index in [4.69, 9.17) is 4.74 Å². The summed E-state index contributed by atoms with van der Waals surface area (Å²) in [6.45, 7) is 5.74. The molecule has 0 N–H and O–H groups in total. The van der Waals surface area contributed by atoms with E-state index >= 15 is 0 Å². The summed E-state index contributed by atoms with van der Waals surface area (Å²) in [5.74, 6) is 0. The molecule has 0 heterocycles. The molecule has 0 aliphatic heterocycles. The van der Waals surface area contributed by atoms with Crippen molar-refractivity contribution in [3.63, 3.8) is 0 Å². The van der Waals surface area contributed by atoms with Gasteiger partial charge < -0.3 is 0 Å². The number of hydrogen-bond donors (Lipinski definition) is 0. The molecule has 0 unspecified atom stereocenters. The van der Waals surface area contributed by atoms with Gasteiger partial charge in [-0.05, 0) is 0 Å². The zero-order chi connectivity index (χ0) is 10.8. The zero-order valence-corrected chi connectivity index (χ0v) is 10.8. The topological polar surface area (TPSA) is 26.3 Å². The number of allylic oxidation sites excluding steroid dienone is 4. The monoisotopic (exact) mass is 229 g/mol. The molecule has 2 nitrogen and oxygen atoms in total. The first-order valence-electron chi connectivity index (χ1n) is 4.83. The van der Waals surface area contributed by atoms with Gasteiger partial charge in [-0.2, -0.15) is 0 Å². The van der Waals surface area contributed by atoms with Crippen molar-refractivity contribution >= 4 is 4.27 Å². The normalized spacial score (nSPS) is 15.3. The van der Waals surface area contributed by atoms with Crippen molar-refractivity contribution in [2.24, 2.45) is 0 Å². The number of carbonyl (C=O) groups is 1. The molecular weight excluding hydrogens is 212 g/mol. The minimum atomic E-state index is -1.79. The number of rotatable bonds is 2. The first kappa shape index (κ1) is 11.7. The predicted octanol–water partition coefficient (Wildman–Crippen LogP) is 3.43. The molecule has 0 atom stereocenters. The molecule has 0 saturated carbocycles. The first-order valence-corrected chi connectivity index (χ1v) is 7.95. The van der Waals surface area contributed by atoms with Crippen LogP contribution in [0.1, 0.15) is 27.2 Å². The second-order valence-electron chi connectivity index (χ2n) is 4.45. The molecule has 0 bridgehead atoms. The summed E-state index contributed by atoms with van der Waals surface area (Å²) in [4.78, 5) is 11.7. The summed E-state index contributed by atoms with van der Waals surface area (Å²) in [6, 6.07) is 0. The second kappa shape index (κ2) is 4.46. The van der Waals surface area contributed by atoms with Crippen LogP contribution in [0.4, 0.5) is 4.79 Å². The van der Waals surface area contributed by atoms with E-state index in [0.29, 0.717) is 0 Å². The van der Waals surface area contributed by atoms with Crippen molar-refractivity contribution in [3.05, 3.63) is 22.1 Å². The standard InChI is InChI=1S/C5H9O2.C5H5.CH3.Ti/c1-5(2,3)7-4-6;1-2-4-5-3-1;;/h1-3H3;1-3H,4H2;1H3;. The van der Waals surface area contributed by atoms with Gasteiger partial charge in [0.25, 0.3) is 0 Å². The van der Waals surface area contributed by atoms with E-state index in [9.17, 15) is 4.79 Å². The average molecular weight is 229 g/mol. The Hall–Kier alpha value is -0.336. The molecule has 3 heteroatoms. The third-order valence-corrected chi connectivity index (χ3v) is 5.16. The van der Waals surface area contributed by atoms with Crippen molar-refractivity contribution in [2.75, 3.05) is 0 Å². The predicted molar refractivity (Wildman–Crippen MR) is 53.9 cm³/mol. The third kappa shape index (κ3) is 3.43. The van der Waals surface area contributed by atoms with Crippen molar-refractivity contribution in [3.8, 4) is 0 Å². The van der Waals surface area contributed by atoms with E-state index in [0.717, 1.165) is 6.42 Å². The summed E-state index contributed by atoms with van der Waals surface area (Å²) in [5.41, 5.74) is -0.349. The van der Waals surface area contributed by atoms with Crippen LogP contribution in [-0.2, 0) is 22.6 Å². The second-order valence-corrected chi connectivity index (χ2v) is 8.04. The van der Waals surface area contributed by atoms with Crippen LogP contribution in [0.2, 0.25) is 5.23 Å². The molecule has 1 aliphatic carbocycles. The Labute approximate surface area is 91.9 Å². The molecule has 0 radical (unpaired) electrons. The van der Waals surface area contributed by atoms with Crippen LogP contribution in [0.25, 0.3) is 0 Å². The van der Waals surface area contributed by atoms with Gasteiger partial charge in [0.1, 0.15) is 0 Å². The van der Waals surface area contributed by atoms with Crippen molar-refractivity contribution in [1.82, 2.24) is 0 Å². The van der Waals surface area contributed by atoms with Crippen LogP contribution < -0.4 is 0 Å². The van der Waals surface area contributed by atoms with Gasteiger partial charge in [-0.1, -0.05) is 0 Å². The average Bonchev–Trinajstić information content (AvgIpc) is 2.51. The maximum absolute atomic E-state index is 11.7. The molecule has 0 fully saturated rings. The van der Waals surface area contributed by atoms with Gasteiger partial charge in [0.05, 0.1) is 0 Å². The number of ether oxygens (including phenoxy) is 1.